The quantitative estimate of drug-likeness (QED) is 0.609. The van der Waals surface area contributed by atoms with Gasteiger partial charge in [0.2, 0.25) is 0 Å². The van der Waals surface area contributed by atoms with E-state index in [9.17, 15) is 0 Å². The topological polar surface area (TPSA) is 21.3 Å². The monoisotopic (exact) mass is 225 g/mol. The van der Waals surface area contributed by atoms with E-state index in [1.54, 1.807) is 0 Å². The molecule has 0 aliphatic carbocycles. The van der Waals surface area contributed by atoms with Crippen LogP contribution in [0.15, 0.2) is 0 Å². The molecule has 0 aliphatic rings. The molecule has 0 amide bonds. The molecule has 0 aromatic carbocycles. The van der Waals surface area contributed by atoms with Gasteiger partial charge in [0.05, 0.1) is 6.10 Å². The van der Waals surface area contributed by atoms with E-state index < -0.39 is 0 Å². The van der Waals surface area contributed by atoms with Crippen molar-refractivity contribution in [2.45, 2.75) is 65.5 Å². The van der Waals surface area contributed by atoms with E-state index in [1.165, 1.54) is 6.42 Å². The molecular weight excluding hydrogens is 198 g/mol. The molecule has 2 atom stereocenters. The van der Waals surface area contributed by atoms with E-state index in [-0.39, 0.29) is 0 Å². The van der Waals surface area contributed by atoms with Gasteiger partial charge in [-0.2, -0.15) is 0 Å². The Hall–Kier alpha value is -0.520. The van der Waals surface area contributed by atoms with Crippen LogP contribution in [0.3, 0.4) is 0 Å². The summed E-state index contributed by atoms with van der Waals surface area (Å²) in [6, 6.07) is 0.450. The highest BCUT2D eigenvalue weighted by Crippen LogP contribution is 2.10. The van der Waals surface area contributed by atoms with Crippen LogP contribution >= 0.6 is 0 Å². The largest absolute Gasteiger partial charge is 0.377 e. The molecule has 0 saturated carbocycles. The van der Waals surface area contributed by atoms with Crippen molar-refractivity contribution in [2.24, 2.45) is 0 Å². The molecule has 2 unspecified atom stereocenters. The molecule has 0 fully saturated rings. The second-order valence-electron chi connectivity index (χ2n) is 3.93. The van der Waals surface area contributed by atoms with Crippen LogP contribution in [0.1, 0.15) is 53.4 Å². The normalized spacial score (nSPS) is 14.0. The second kappa shape index (κ2) is 11.0. The summed E-state index contributed by atoms with van der Waals surface area (Å²) >= 11 is 0. The van der Waals surface area contributed by atoms with Crippen molar-refractivity contribution < 1.29 is 4.74 Å². The van der Waals surface area contributed by atoms with Crippen molar-refractivity contribution in [1.82, 2.24) is 5.32 Å². The maximum absolute atomic E-state index is 5.77. The Morgan fingerprint density at radius 1 is 1.25 bits per heavy atom. The van der Waals surface area contributed by atoms with E-state index in [0.717, 1.165) is 32.4 Å². The summed E-state index contributed by atoms with van der Waals surface area (Å²) in [5, 5.41) is 3.57. The average molecular weight is 225 g/mol. The summed E-state index contributed by atoms with van der Waals surface area (Å²) in [4.78, 5) is 0. The first-order valence-corrected chi connectivity index (χ1v) is 6.54. The zero-order valence-electron chi connectivity index (χ0n) is 11.3. The van der Waals surface area contributed by atoms with Crippen molar-refractivity contribution in [3.8, 4) is 11.8 Å². The Morgan fingerprint density at radius 3 is 2.50 bits per heavy atom. The van der Waals surface area contributed by atoms with E-state index in [2.05, 4.69) is 37.9 Å². The van der Waals surface area contributed by atoms with Crippen LogP contribution in [-0.2, 0) is 4.74 Å². The third kappa shape index (κ3) is 6.87. The zero-order valence-corrected chi connectivity index (χ0v) is 11.3. The Morgan fingerprint density at radius 2 is 2.00 bits per heavy atom. The maximum Gasteiger partial charge on any atom is 0.0725 e. The summed E-state index contributed by atoms with van der Waals surface area (Å²) in [6.45, 7) is 10.2. The lowest BCUT2D eigenvalue weighted by Crippen LogP contribution is -2.41. The van der Waals surface area contributed by atoms with Crippen molar-refractivity contribution in [3.05, 3.63) is 0 Å². The average Bonchev–Trinajstić information content (AvgIpc) is 2.31. The summed E-state index contributed by atoms with van der Waals surface area (Å²) in [7, 11) is 0. The summed E-state index contributed by atoms with van der Waals surface area (Å²) < 4.78 is 5.77. The Kier molecular flexibility index (Phi) is 10.6. The van der Waals surface area contributed by atoms with Gasteiger partial charge in [0.1, 0.15) is 0 Å². The number of nitrogens with one attached hydrogen (secondary N) is 1. The minimum Gasteiger partial charge on any atom is -0.377 e. The van der Waals surface area contributed by atoms with Crippen molar-refractivity contribution in [2.75, 3.05) is 13.2 Å². The lowest BCUT2D eigenvalue weighted by Gasteiger charge is -2.26. The molecule has 0 bridgehead atoms. The summed E-state index contributed by atoms with van der Waals surface area (Å²) in [5.41, 5.74) is 0. The van der Waals surface area contributed by atoms with Crippen LogP contribution in [0.25, 0.3) is 0 Å². The molecule has 0 rings (SSSR count). The fourth-order valence-electron chi connectivity index (χ4n) is 1.83. The number of hydrogen-bond donors (Lipinski definition) is 1. The molecule has 0 radical (unpaired) electrons. The Bertz CT molecular complexity index is 205. The first kappa shape index (κ1) is 15.5. The molecule has 1 N–H and O–H groups in total. The smallest absolute Gasteiger partial charge is 0.0725 e. The van der Waals surface area contributed by atoms with Crippen LogP contribution in [0, 0.1) is 11.8 Å². The molecule has 0 spiro atoms. The minimum atomic E-state index is 0.329. The summed E-state index contributed by atoms with van der Waals surface area (Å²) in [5.74, 6) is 6.08. The molecule has 0 aromatic rings. The predicted molar refractivity (Wildman–Crippen MR) is 70.5 cm³/mol. The lowest BCUT2D eigenvalue weighted by atomic mass is 10.0. The van der Waals surface area contributed by atoms with E-state index in [0.29, 0.717) is 12.1 Å². The molecule has 0 aromatic heterocycles. The third-order valence-electron chi connectivity index (χ3n) is 2.65. The number of ether oxygens (including phenoxy) is 1. The molecular formula is C14H27NO. The van der Waals surface area contributed by atoms with Crippen LogP contribution in [-0.4, -0.2) is 25.3 Å². The van der Waals surface area contributed by atoms with Gasteiger partial charge in [-0.05, 0) is 39.7 Å². The van der Waals surface area contributed by atoms with E-state index in [1.807, 2.05) is 6.92 Å². The highest BCUT2D eigenvalue weighted by atomic mass is 16.5. The molecule has 16 heavy (non-hydrogen) atoms. The standard InChI is InChI=1S/C14H27NO/c1-5-9-10-11-13(15-12-6-2)14(7-3)16-8-4/h13-15H,6-8,10-12H2,1-4H3. The first-order valence-electron chi connectivity index (χ1n) is 6.54. The molecule has 94 valence electrons. The highest BCUT2D eigenvalue weighted by molar-refractivity contribution is 4.96. The maximum atomic E-state index is 5.77. The van der Waals surface area contributed by atoms with Crippen molar-refractivity contribution in [1.29, 1.82) is 0 Å². The fourth-order valence-corrected chi connectivity index (χ4v) is 1.83. The van der Waals surface area contributed by atoms with Gasteiger partial charge in [-0.15, -0.1) is 11.8 Å². The molecule has 0 aliphatic heterocycles. The van der Waals surface area contributed by atoms with Crippen LogP contribution in [0.2, 0.25) is 0 Å². The Labute approximate surface area is 101 Å². The van der Waals surface area contributed by atoms with Gasteiger partial charge in [0.15, 0.2) is 0 Å². The Balaban J connectivity index is 4.16. The molecule has 0 heterocycles. The lowest BCUT2D eigenvalue weighted by molar-refractivity contribution is 0.0301. The van der Waals surface area contributed by atoms with Crippen LogP contribution < -0.4 is 5.32 Å². The van der Waals surface area contributed by atoms with Gasteiger partial charge in [-0.3, -0.25) is 0 Å². The SMILES string of the molecule is CC#CCCC(NCCC)C(CC)OCC. The summed E-state index contributed by atoms with van der Waals surface area (Å²) in [6.07, 6.45) is 4.60. The third-order valence-corrected chi connectivity index (χ3v) is 2.65. The van der Waals surface area contributed by atoms with E-state index >= 15 is 0 Å². The van der Waals surface area contributed by atoms with Gasteiger partial charge >= 0.3 is 0 Å². The molecule has 2 heteroatoms. The van der Waals surface area contributed by atoms with Gasteiger partial charge in [-0.1, -0.05) is 13.8 Å². The molecule has 2 nitrogen and oxygen atoms in total. The van der Waals surface area contributed by atoms with Crippen molar-refractivity contribution in [3.63, 3.8) is 0 Å². The number of hydrogen-bond acceptors (Lipinski definition) is 2. The van der Waals surface area contributed by atoms with Gasteiger partial charge < -0.3 is 10.1 Å². The van der Waals surface area contributed by atoms with Crippen LogP contribution in [0.5, 0.6) is 0 Å². The highest BCUT2D eigenvalue weighted by Gasteiger charge is 2.18. The number of rotatable bonds is 9. The fraction of sp³-hybridized carbons (Fsp3) is 0.857. The van der Waals surface area contributed by atoms with Gasteiger partial charge in [0, 0.05) is 19.1 Å². The molecule has 0 saturated heterocycles. The van der Waals surface area contributed by atoms with Gasteiger partial charge in [-0.25, -0.2) is 0 Å². The van der Waals surface area contributed by atoms with Gasteiger partial charge in [0.25, 0.3) is 0 Å². The zero-order chi connectivity index (χ0) is 12.2. The van der Waals surface area contributed by atoms with Crippen LogP contribution in [0.4, 0.5) is 0 Å². The first-order chi connectivity index (χ1) is 7.79. The minimum absolute atomic E-state index is 0.329. The second-order valence-corrected chi connectivity index (χ2v) is 3.93. The predicted octanol–water partition coefficient (Wildman–Crippen LogP) is 2.97. The van der Waals surface area contributed by atoms with Crippen molar-refractivity contribution >= 4 is 0 Å². The van der Waals surface area contributed by atoms with E-state index in [4.69, 9.17) is 4.74 Å².